The SMILES string of the molecule is C[C@@H]1CNCCN1S(=O)(=O)c1cccc(F)c1. The van der Waals surface area contributed by atoms with Crippen LogP contribution in [0.1, 0.15) is 6.92 Å². The third-order valence-corrected chi connectivity index (χ3v) is 4.85. The van der Waals surface area contributed by atoms with E-state index in [2.05, 4.69) is 5.32 Å². The molecule has 1 heterocycles. The van der Waals surface area contributed by atoms with Gasteiger partial charge in [-0.25, -0.2) is 12.8 Å². The van der Waals surface area contributed by atoms with Gasteiger partial charge in [-0.2, -0.15) is 4.31 Å². The molecule has 17 heavy (non-hydrogen) atoms. The summed E-state index contributed by atoms with van der Waals surface area (Å²) >= 11 is 0. The van der Waals surface area contributed by atoms with E-state index in [9.17, 15) is 12.8 Å². The molecule has 2 rings (SSSR count). The molecule has 0 amide bonds. The van der Waals surface area contributed by atoms with Crippen LogP contribution in [0.3, 0.4) is 0 Å². The maximum atomic E-state index is 13.1. The van der Waals surface area contributed by atoms with E-state index in [1.54, 1.807) is 0 Å². The van der Waals surface area contributed by atoms with Gasteiger partial charge in [0.15, 0.2) is 0 Å². The van der Waals surface area contributed by atoms with Gasteiger partial charge in [-0.05, 0) is 25.1 Å². The van der Waals surface area contributed by atoms with Crippen molar-refractivity contribution < 1.29 is 12.8 Å². The third kappa shape index (κ3) is 2.48. The molecule has 0 aromatic heterocycles. The van der Waals surface area contributed by atoms with E-state index in [4.69, 9.17) is 0 Å². The second kappa shape index (κ2) is 4.72. The van der Waals surface area contributed by atoms with Gasteiger partial charge in [0, 0.05) is 25.7 Å². The Hall–Kier alpha value is -0.980. The molecule has 0 unspecified atom stereocenters. The van der Waals surface area contributed by atoms with Gasteiger partial charge in [0.25, 0.3) is 0 Å². The van der Waals surface area contributed by atoms with Crippen LogP contribution in [0, 0.1) is 5.82 Å². The molecular formula is C11H15FN2O2S. The quantitative estimate of drug-likeness (QED) is 0.854. The number of piperazine rings is 1. The number of nitrogens with one attached hydrogen (secondary N) is 1. The summed E-state index contributed by atoms with van der Waals surface area (Å²) < 4.78 is 39.0. The van der Waals surface area contributed by atoms with Crippen molar-refractivity contribution in [2.75, 3.05) is 19.6 Å². The van der Waals surface area contributed by atoms with Crippen molar-refractivity contribution in [1.29, 1.82) is 0 Å². The van der Waals surface area contributed by atoms with Crippen LogP contribution in [-0.4, -0.2) is 38.4 Å². The van der Waals surface area contributed by atoms with Crippen LogP contribution in [0.15, 0.2) is 29.2 Å². The Kier molecular flexibility index (Phi) is 3.46. The fourth-order valence-electron chi connectivity index (χ4n) is 1.94. The molecule has 0 saturated carbocycles. The highest BCUT2D eigenvalue weighted by Gasteiger charge is 2.30. The van der Waals surface area contributed by atoms with Gasteiger partial charge in [-0.1, -0.05) is 6.07 Å². The molecule has 1 aromatic rings. The number of rotatable bonds is 2. The zero-order chi connectivity index (χ0) is 12.5. The maximum Gasteiger partial charge on any atom is 0.243 e. The van der Waals surface area contributed by atoms with E-state index in [0.29, 0.717) is 19.6 Å². The van der Waals surface area contributed by atoms with Crippen LogP contribution in [-0.2, 0) is 10.0 Å². The van der Waals surface area contributed by atoms with Crippen LogP contribution in [0.2, 0.25) is 0 Å². The Morgan fingerprint density at radius 1 is 1.47 bits per heavy atom. The van der Waals surface area contributed by atoms with Crippen molar-refractivity contribution in [3.05, 3.63) is 30.1 Å². The van der Waals surface area contributed by atoms with E-state index in [-0.39, 0.29) is 10.9 Å². The van der Waals surface area contributed by atoms with Crippen molar-refractivity contribution in [1.82, 2.24) is 9.62 Å². The van der Waals surface area contributed by atoms with Crippen LogP contribution in [0.25, 0.3) is 0 Å². The van der Waals surface area contributed by atoms with Crippen molar-refractivity contribution in [2.45, 2.75) is 17.9 Å². The number of hydrogen-bond acceptors (Lipinski definition) is 3. The van der Waals surface area contributed by atoms with Gasteiger partial charge >= 0.3 is 0 Å². The summed E-state index contributed by atoms with van der Waals surface area (Å²) in [5.41, 5.74) is 0. The molecule has 1 fully saturated rings. The first-order valence-corrected chi connectivity index (χ1v) is 6.94. The molecule has 1 atom stereocenters. The Morgan fingerprint density at radius 3 is 2.88 bits per heavy atom. The highest BCUT2D eigenvalue weighted by molar-refractivity contribution is 7.89. The molecule has 0 bridgehead atoms. The number of nitrogens with zero attached hydrogens (tertiary/aromatic N) is 1. The normalized spacial score (nSPS) is 22.6. The molecule has 1 aromatic carbocycles. The number of benzene rings is 1. The molecule has 0 aliphatic carbocycles. The van der Waals surface area contributed by atoms with Crippen LogP contribution in [0.4, 0.5) is 4.39 Å². The topological polar surface area (TPSA) is 49.4 Å². The van der Waals surface area contributed by atoms with Gasteiger partial charge in [0.1, 0.15) is 5.82 Å². The number of halogens is 1. The monoisotopic (exact) mass is 258 g/mol. The largest absolute Gasteiger partial charge is 0.314 e. The number of hydrogen-bond donors (Lipinski definition) is 1. The van der Waals surface area contributed by atoms with E-state index < -0.39 is 15.8 Å². The predicted octanol–water partition coefficient (Wildman–Crippen LogP) is 0.808. The smallest absolute Gasteiger partial charge is 0.243 e. The maximum absolute atomic E-state index is 13.1. The van der Waals surface area contributed by atoms with Crippen LogP contribution in [0.5, 0.6) is 0 Å². The lowest BCUT2D eigenvalue weighted by Crippen LogP contribution is -2.52. The van der Waals surface area contributed by atoms with E-state index in [0.717, 1.165) is 6.07 Å². The molecule has 4 nitrogen and oxygen atoms in total. The summed E-state index contributed by atoms with van der Waals surface area (Å²) in [7, 11) is -3.58. The van der Waals surface area contributed by atoms with Crippen molar-refractivity contribution in [3.8, 4) is 0 Å². The standard InChI is InChI=1S/C11H15FN2O2S/c1-9-8-13-5-6-14(9)17(15,16)11-4-2-3-10(12)7-11/h2-4,7,9,13H,5-6,8H2,1H3/t9-/m1/s1. The summed E-state index contributed by atoms with van der Waals surface area (Å²) in [5, 5.41) is 3.12. The lowest BCUT2D eigenvalue weighted by molar-refractivity contribution is 0.284. The van der Waals surface area contributed by atoms with Crippen molar-refractivity contribution in [3.63, 3.8) is 0 Å². The van der Waals surface area contributed by atoms with Crippen LogP contribution < -0.4 is 5.32 Å². The molecule has 1 saturated heterocycles. The lowest BCUT2D eigenvalue weighted by atomic mass is 10.3. The average molecular weight is 258 g/mol. The second-order valence-electron chi connectivity index (χ2n) is 4.13. The summed E-state index contributed by atoms with van der Waals surface area (Å²) in [6.45, 7) is 3.50. The zero-order valence-corrected chi connectivity index (χ0v) is 10.4. The summed E-state index contributed by atoms with van der Waals surface area (Å²) in [4.78, 5) is 0.0197. The second-order valence-corrected chi connectivity index (χ2v) is 6.02. The summed E-state index contributed by atoms with van der Waals surface area (Å²) in [6.07, 6.45) is 0. The molecule has 6 heteroatoms. The van der Waals surface area contributed by atoms with Crippen molar-refractivity contribution >= 4 is 10.0 Å². The Bertz CT molecular complexity index is 504. The van der Waals surface area contributed by atoms with E-state index in [1.807, 2.05) is 6.92 Å². The lowest BCUT2D eigenvalue weighted by Gasteiger charge is -2.32. The Morgan fingerprint density at radius 2 is 2.24 bits per heavy atom. The van der Waals surface area contributed by atoms with Gasteiger partial charge in [0.2, 0.25) is 10.0 Å². The highest BCUT2D eigenvalue weighted by Crippen LogP contribution is 2.19. The van der Waals surface area contributed by atoms with Gasteiger partial charge in [-0.3, -0.25) is 0 Å². The first-order chi connectivity index (χ1) is 8.01. The predicted molar refractivity (Wildman–Crippen MR) is 62.6 cm³/mol. The van der Waals surface area contributed by atoms with Gasteiger partial charge in [-0.15, -0.1) is 0 Å². The molecule has 94 valence electrons. The highest BCUT2D eigenvalue weighted by atomic mass is 32.2. The molecule has 1 aliphatic rings. The Labute approximate surface area is 100 Å². The fourth-order valence-corrected chi connectivity index (χ4v) is 3.61. The van der Waals surface area contributed by atoms with Gasteiger partial charge in [0.05, 0.1) is 4.90 Å². The third-order valence-electron chi connectivity index (χ3n) is 2.84. The molecule has 1 N–H and O–H groups in total. The zero-order valence-electron chi connectivity index (χ0n) is 9.56. The van der Waals surface area contributed by atoms with Crippen LogP contribution >= 0.6 is 0 Å². The fraction of sp³-hybridized carbons (Fsp3) is 0.455. The molecule has 0 spiro atoms. The number of sulfonamides is 1. The molecule has 0 radical (unpaired) electrons. The molecule has 1 aliphatic heterocycles. The first kappa shape index (κ1) is 12.5. The first-order valence-electron chi connectivity index (χ1n) is 5.50. The molecular weight excluding hydrogens is 243 g/mol. The minimum Gasteiger partial charge on any atom is -0.314 e. The average Bonchev–Trinajstić information content (AvgIpc) is 2.29. The minimum absolute atomic E-state index is 0.0197. The van der Waals surface area contributed by atoms with Crippen molar-refractivity contribution in [2.24, 2.45) is 0 Å². The van der Waals surface area contributed by atoms with E-state index >= 15 is 0 Å². The minimum atomic E-state index is -3.58. The van der Waals surface area contributed by atoms with Gasteiger partial charge < -0.3 is 5.32 Å². The Balaban J connectivity index is 2.35. The summed E-state index contributed by atoms with van der Waals surface area (Å²) in [6, 6.07) is 5.02. The van der Waals surface area contributed by atoms with E-state index in [1.165, 1.54) is 22.5 Å². The summed E-state index contributed by atoms with van der Waals surface area (Å²) in [5.74, 6) is -0.533.